The van der Waals surface area contributed by atoms with Crippen LogP contribution >= 0.6 is 0 Å². The molecule has 0 aromatic heterocycles. The van der Waals surface area contributed by atoms with Gasteiger partial charge in [-0.15, -0.1) is 0 Å². The molecule has 0 unspecified atom stereocenters. The van der Waals surface area contributed by atoms with E-state index >= 15 is 0 Å². The van der Waals surface area contributed by atoms with E-state index in [4.69, 9.17) is 0 Å². The van der Waals surface area contributed by atoms with Gasteiger partial charge >= 0.3 is 0 Å². The van der Waals surface area contributed by atoms with Crippen LogP contribution in [0.1, 0.15) is 0 Å². The Morgan fingerprint density at radius 1 is 0.128 bits per heavy atom. The largest absolute Gasteiger partial charge is 0.0687 e. The lowest BCUT2D eigenvalue weighted by Gasteiger charge is -1.41. The maximum Gasteiger partial charge on any atom is 0 e. The van der Waals surface area contributed by atoms with Crippen molar-refractivity contribution in [3.63, 3.8) is 0 Å². The minimum absolute atomic E-state index is 2.37. The van der Waals surface area contributed by atoms with Crippen LogP contribution in [0.25, 0.3) is 0 Å². The molecule has 0 amide bonds. The van der Waals surface area contributed by atoms with Crippen LogP contribution in [0.2, 0.25) is 0 Å². The molecule has 0 fully saturated rings. The molecule has 0 bridgehead atoms. The normalized spacial score (nSPS) is 3.90. The predicted octanol–water partition coefficient (Wildman–Crippen LogP) is 6.54. The standard InChI is InChI=1S/C39H4/c1-3-5-7-9-11-13-15-17-19-21-23-25-27-29-31-33-35-37-39-38-36-34-32-30-28-26-24-22-20-18-16-14-12-10-8-6-4-2/h1-2H2. The van der Waals surface area contributed by atoms with E-state index in [-0.39, 0.29) is 0 Å². The summed E-state index contributed by atoms with van der Waals surface area (Å²) in [6.45, 7) is 6.62. The molecule has 0 N–H and O–H groups in total. The molecule has 160 valence electrons. The average molecular weight is 472 g/mol. The van der Waals surface area contributed by atoms with Crippen molar-refractivity contribution in [3.05, 3.63) is 225 Å². The zero-order chi connectivity index (χ0) is 28.2. The molecule has 0 nitrogen and oxygen atoms in total. The molecule has 0 saturated carbocycles. The van der Waals surface area contributed by atoms with E-state index in [9.17, 15) is 0 Å². The molecule has 0 spiro atoms. The molecular weight excluding hydrogens is 468 g/mol. The first kappa shape index (κ1) is 30.6. The zero-order valence-electron chi connectivity index (χ0n) is 19.9. The number of hydrogen-bond donors (Lipinski definition) is 0. The van der Waals surface area contributed by atoms with Crippen LogP contribution in [0.4, 0.5) is 0 Å². The predicted molar refractivity (Wildman–Crippen MR) is 141 cm³/mol. The first-order chi connectivity index (χ1) is 19.4. The molecule has 0 aromatic rings. The fraction of sp³-hybridized carbons (Fsp3) is 0. The molecule has 0 rings (SSSR count). The van der Waals surface area contributed by atoms with Gasteiger partial charge in [-0.3, -0.25) is 0 Å². The molecule has 39 heavy (non-hydrogen) atoms. The van der Waals surface area contributed by atoms with Crippen molar-refractivity contribution >= 4 is 0 Å². The Balaban J connectivity index is 6.02. The lowest BCUT2D eigenvalue weighted by atomic mass is 10.6. The maximum atomic E-state index is 3.31. The second-order valence-electron chi connectivity index (χ2n) is 4.73. The number of hydrogen-bond acceptors (Lipinski definition) is 0. The molecule has 0 heteroatoms. The van der Waals surface area contributed by atoms with Crippen molar-refractivity contribution < 1.29 is 0 Å². The topological polar surface area (TPSA) is 0 Å². The summed E-state index contributed by atoms with van der Waals surface area (Å²) in [7, 11) is 0. The lowest BCUT2D eigenvalue weighted by Crippen LogP contribution is -1.25. The van der Waals surface area contributed by atoms with E-state index in [1.54, 1.807) is 0 Å². The quantitative estimate of drug-likeness (QED) is 0.351. The minimum Gasteiger partial charge on any atom is -0.0687 e. The van der Waals surface area contributed by atoms with Crippen LogP contribution < -0.4 is 0 Å². The molecule has 0 aromatic carbocycles. The molecule has 0 aliphatic carbocycles. The van der Waals surface area contributed by atoms with E-state index < -0.39 is 0 Å². The molecule has 0 aliphatic heterocycles. The summed E-state index contributed by atoms with van der Waals surface area (Å²) in [5.74, 6) is 0. The lowest BCUT2D eigenvalue weighted by molar-refractivity contribution is 2.10. The van der Waals surface area contributed by atoms with Gasteiger partial charge in [0.2, 0.25) is 0 Å². The summed E-state index contributed by atoms with van der Waals surface area (Å²) in [4.78, 5) is 0. The second kappa shape index (κ2) is 29.6. The molecule has 0 saturated heterocycles. The van der Waals surface area contributed by atoms with Crippen LogP contribution in [-0.4, -0.2) is 0 Å². The summed E-state index contributed by atoms with van der Waals surface area (Å²) in [6.07, 6.45) is 0. The van der Waals surface area contributed by atoms with Gasteiger partial charge in [0.25, 0.3) is 0 Å². The molecule has 0 atom stereocenters. The van der Waals surface area contributed by atoms with Gasteiger partial charge in [-0.2, -0.15) is 0 Å². The number of rotatable bonds is 0. The molecular formula is C39H4. The van der Waals surface area contributed by atoms with E-state index in [2.05, 4.69) is 225 Å². The van der Waals surface area contributed by atoms with Crippen molar-refractivity contribution in [1.29, 1.82) is 0 Å². The summed E-state index contributed by atoms with van der Waals surface area (Å²) < 4.78 is 0. The second-order valence-corrected chi connectivity index (χ2v) is 4.73. The Bertz CT molecular complexity index is 2330. The Morgan fingerprint density at radius 2 is 0.205 bits per heavy atom. The van der Waals surface area contributed by atoms with Crippen molar-refractivity contribution in [2.24, 2.45) is 0 Å². The monoisotopic (exact) mass is 472 g/mol. The van der Waals surface area contributed by atoms with Crippen LogP contribution in [0, 0.1) is 0 Å². The SMILES string of the molecule is C=C=C=C=C=C=C=C=C=C=C=C=C=C=C=C=C=C=C=C=C=C=C=C=C=C=C=C=C=C=C=C=C=C=C=C=C=C=C. The molecule has 0 radical (unpaired) electrons. The van der Waals surface area contributed by atoms with E-state index in [1.165, 1.54) is 0 Å². The van der Waals surface area contributed by atoms with Crippen LogP contribution in [0.3, 0.4) is 0 Å². The third-order valence-corrected chi connectivity index (χ3v) is 2.30. The highest BCUT2D eigenvalue weighted by Crippen LogP contribution is 1.60. The Kier molecular flexibility index (Phi) is 23.2. The molecule has 0 heterocycles. The zero-order valence-corrected chi connectivity index (χ0v) is 19.9. The van der Waals surface area contributed by atoms with Gasteiger partial charge in [-0.25, -0.2) is 0 Å². The molecule has 0 aliphatic rings. The third kappa shape index (κ3) is 29.6. The van der Waals surface area contributed by atoms with Crippen molar-refractivity contribution in [1.82, 2.24) is 0 Å². The first-order valence-electron chi connectivity index (χ1n) is 9.71. The summed E-state index contributed by atoms with van der Waals surface area (Å²) >= 11 is 0. The van der Waals surface area contributed by atoms with Gasteiger partial charge in [0, 0.05) is 109 Å². The van der Waals surface area contributed by atoms with Gasteiger partial charge in [0.15, 0.2) is 0 Å². The highest BCUT2D eigenvalue weighted by atomic mass is 13.5. The van der Waals surface area contributed by atoms with Crippen molar-refractivity contribution in [2.45, 2.75) is 0 Å². The first-order valence-corrected chi connectivity index (χ1v) is 9.71. The van der Waals surface area contributed by atoms with Gasteiger partial charge in [-0.1, -0.05) is 11.5 Å². The van der Waals surface area contributed by atoms with Gasteiger partial charge < -0.3 is 0 Å². The fourth-order valence-electron chi connectivity index (χ4n) is 1.12. The summed E-state index contributed by atoms with van der Waals surface area (Å²) in [5, 5.41) is 0. The van der Waals surface area contributed by atoms with Gasteiger partial charge in [0.05, 0.1) is 0 Å². The van der Waals surface area contributed by atoms with Crippen molar-refractivity contribution in [2.75, 3.05) is 0 Å². The summed E-state index contributed by atoms with van der Waals surface area (Å²) in [5.41, 5.74) is 91.9. The summed E-state index contributed by atoms with van der Waals surface area (Å²) in [6, 6.07) is 0. The smallest absolute Gasteiger partial charge is 0 e. The van der Waals surface area contributed by atoms with E-state index in [1.807, 2.05) is 0 Å². The van der Waals surface area contributed by atoms with E-state index in [0.29, 0.717) is 0 Å². The van der Waals surface area contributed by atoms with Crippen molar-refractivity contribution in [3.8, 4) is 0 Å². The maximum absolute atomic E-state index is 3.31. The third-order valence-electron chi connectivity index (χ3n) is 2.30. The van der Waals surface area contributed by atoms with Crippen LogP contribution in [0.5, 0.6) is 0 Å². The Labute approximate surface area is 224 Å². The average Bonchev–Trinajstić information content (AvgIpc) is 2.95. The Morgan fingerprint density at radius 3 is 0.282 bits per heavy atom. The van der Waals surface area contributed by atoms with E-state index in [0.717, 1.165) is 0 Å². The van der Waals surface area contributed by atoms with Crippen LogP contribution in [0.15, 0.2) is 225 Å². The van der Waals surface area contributed by atoms with Gasteiger partial charge in [0.1, 0.15) is 0 Å². The van der Waals surface area contributed by atoms with Crippen LogP contribution in [-0.2, 0) is 0 Å². The fourth-order valence-corrected chi connectivity index (χ4v) is 1.12. The minimum atomic E-state index is 2.37. The Hall–Kier alpha value is -8.40. The highest BCUT2D eigenvalue weighted by Gasteiger charge is 1.44. The highest BCUT2D eigenvalue weighted by molar-refractivity contribution is 4.95. The van der Waals surface area contributed by atoms with Gasteiger partial charge in [-0.05, 0) is 105 Å².